The molecule has 3 heteroatoms. The summed E-state index contributed by atoms with van der Waals surface area (Å²) in [6.07, 6.45) is 5.19. The fourth-order valence-electron chi connectivity index (χ4n) is 2.78. The highest BCUT2D eigenvalue weighted by Gasteiger charge is 2.34. The van der Waals surface area contributed by atoms with Crippen LogP contribution in [0.25, 0.3) is 0 Å². The van der Waals surface area contributed by atoms with E-state index in [2.05, 4.69) is 17.0 Å². The normalized spacial score (nSPS) is 24.4. The van der Waals surface area contributed by atoms with E-state index < -0.39 is 0 Å². The molecule has 18 heavy (non-hydrogen) atoms. The van der Waals surface area contributed by atoms with Crippen molar-refractivity contribution >= 4 is 5.69 Å². The van der Waals surface area contributed by atoms with Crippen molar-refractivity contribution in [3.63, 3.8) is 0 Å². The average Bonchev–Trinajstić information content (AvgIpc) is 3.23. The van der Waals surface area contributed by atoms with E-state index in [4.69, 9.17) is 10.5 Å². The number of ether oxygens (including phenoxy) is 1. The van der Waals surface area contributed by atoms with Gasteiger partial charge in [-0.1, -0.05) is 12.1 Å². The number of hydrogen-bond acceptors (Lipinski definition) is 3. The molecular formula is C15H22N2O. The van der Waals surface area contributed by atoms with Crippen LogP contribution in [0.2, 0.25) is 0 Å². The molecule has 1 saturated carbocycles. The predicted octanol–water partition coefficient (Wildman–Crippen LogP) is 2.41. The minimum atomic E-state index is 0.615. The van der Waals surface area contributed by atoms with E-state index in [1.54, 1.807) is 0 Å². The van der Waals surface area contributed by atoms with Gasteiger partial charge in [0.25, 0.3) is 0 Å². The number of rotatable bonds is 4. The topological polar surface area (TPSA) is 38.5 Å². The van der Waals surface area contributed by atoms with Crippen LogP contribution < -0.4 is 5.73 Å². The molecule has 98 valence electrons. The third kappa shape index (κ3) is 2.85. The van der Waals surface area contributed by atoms with Gasteiger partial charge >= 0.3 is 0 Å². The molecule has 1 atom stereocenters. The third-order valence-electron chi connectivity index (χ3n) is 3.97. The minimum Gasteiger partial charge on any atom is -0.399 e. The first-order valence-corrected chi connectivity index (χ1v) is 7.01. The fourth-order valence-corrected chi connectivity index (χ4v) is 2.78. The second-order valence-corrected chi connectivity index (χ2v) is 5.52. The lowest BCUT2D eigenvalue weighted by atomic mass is 10.1. The molecule has 2 fully saturated rings. The molecule has 1 aliphatic heterocycles. The monoisotopic (exact) mass is 246 g/mol. The fraction of sp³-hybridized carbons (Fsp3) is 0.600. The van der Waals surface area contributed by atoms with Crippen molar-refractivity contribution < 1.29 is 4.74 Å². The first-order valence-electron chi connectivity index (χ1n) is 7.01. The Labute approximate surface area is 109 Å². The molecule has 1 aromatic rings. The third-order valence-corrected chi connectivity index (χ3v) is 3.97. The van der Waals surface area contributed by atoms with Gasteiger partial charge in [-0.2, -0.15) is 0 Å². The first kappa shape index (κ1) is 12.0. The maximum Gasteiger partial charge on any atom is 0.0622 e. The van der Waals surface area contributed by atoms with E-state index in [-0.39, 0.29) is 0 Å². The van der Waals surface area contributed by atoms with Crippen molar-refractivity contribution in [2.75, 3.05) is 18.9 Å². The SMILES string of the molecule is Nc1ccc(CN(C2CC2)C2CCCOC2)cc1. The van der Waals surface area contributed by atoms with Crippen LogP contribution in [0.4, 0.5) is 5.69 Å². The minimum absolute atomic E-state index is 0.615. The van der Waals surface area contributed by atoms with Gasteiger partial charge in [-0.05, 0) is 43.4 Å². The van der Waals surface area contributed by atoms with Crippen molar-refractivity contribution in [2.24, 2.45) is 0 Å². The number of anilines is 1. The highest BCUT2D eigenvalue weighted by Crippen LogP contribution is 2.32. The van der Waals surface area contributed by atoms with E-state index in [1.165, 1.54) is 31.2 Å². The van der Waals surface area contributed by atoms with Gasteiger partial charge in [0.05, 0.1) is 6.61 Å². The number of nitrogen functional groups attached to an aromatic ring is 1. The maximum absolute atomic E-state index is 5.74. The van der Waals surface area contributed by atoms with Crippen molar-refractivity contribution in [1.82, 2.24) is 4.90 Å². The van der Waals surface area contributed by atoms with Crippen LogP contribution in [0.3, 0.4) is 0 Å². The van der Waals surface area contributed by atoms with Crippen LogP contribution in [0, 0.1) is 0 Å². The molecule has 1 unspecified atom stereocenters. The number of benzene rings is 1. The molecule has 1 heterocycles. The summed E-state index contributed by atoms with van der Waals surface area (Å²) < 4.78 is 5.64. The Bertz CT molecular complexity index is 380. The molecule has 2 aliphatic rings. The molecule has 3 rings (SSSR count). The summed E-state index contributed by atoms with van der Waals surface area (Å²) in [5.74, 6) is 0. The summed E-state index contributed by atoms with van der Waals surface area (Å²) in [6.45, 7) is 2.89. The average molecular weight is 246 g/mol. The highest BCUT2D eigenvalue weighted by atomic mass is 16.5. The Hall–Kier alpha value is -1.06. The zero-order valence-corrected chi connectivity index (χ0v) is 10.8. The quantitative estimate of drug-likeness (QED) is 0.829. The van der Waals surface area contributed by atoms with Crippen molar-refractivity contribution in [3.8, 4) is 0 Å². The van der Waals surface area contributed by atoms with Gasteiger partial charge in [0.15, 0.2) is 0 Å². The van der Waals surface area contributed by atoms with Gasteiger partial charge in [-0.25, -0.2) is 0 Å². The van der Waals surface area contributed by atoms with Crippen LogP contribution >= 0.6 is 0 Å². The molecule has 0 aromatic heterocycles. The summed E-state index contributed by atoms with van der Waals surface area (Å²) in [6, 6.07) is 9.69. The zero-order chi connectivity index (χ0) is 12.4. The Morgan fingerprint density at radius 3 is 2.50 bits per heavy atom. The van der Waals surface area contributed by atoms with E-state index >= 15 is 0 Å². The Morgan fingerprint density at radius 1 is 1.11 bits per heavy atom. The summed E-state index contributed by atoms with van der Waals surface area (Å²) in [4.78, 5) is 2.64. The Kier molecular flexibility index (Phi) is 3.52. The molecule has 0 amide bonds. The number of hydrogen-bond donors (Lipinski definition) is 1. The molecule has 2 N–H and O–H groups in total. The lowest BCUT2D eigenvalue weighted by molar-refractivity contribution is 0.0109. The van der Waals surface area contributed by atoms with Gasteiger partial charge in [0.1, 0.15) is 0 Å². The standard InChI is InChI=1S/C15H22N2O/c16-13-5-3-12(4-6-13)10-17(14-7-8-14)15-2-1-9-18-11-15/h3-6,14-15H,1-2,7-11,16H2. The summed E-state index contributed by atoms with van der Waals surface area (Å²) >= 11 is 0. The van der Waals surface area contributed by atoms with Gasteiger partial charge in [0, 0.05) is 30.9 Å². The van der Waals surface area contributed by atoms with Crippen molar-refractivity contribution in [1.29, 1.82) is 0 Å². The lowest BCUT2D eigenvalue weighted by Crippen LogP contribution is -2.42. The second-order valence-electron chi connectivity index (χ2n) is 5.52. The number of nitrogens with zero attached hydrogens (tertiary/aromatic N) is 1. The second kappa shape index (κ2) is 5.29. The Balaban J connectivity index is 1.67. The van der Waals surface area contributed by atoms with Crippen molar-refractivity contribution in [2.45, 2.75) is 44.3 Å². The van der Waals surface area contributed by atoms with E-state index in [1.807, 2.05) is 12.1 Å². The molecule has 1 aliphatic carbocycles. The number of nitrogens with two attached hydrogens (primary N) is 1. The first-order chi connectivity index (χ1) is 8.83. The molecule has 1 aromatic carbocycles. The lowest BCUT2D eigenvalue weighted by Gasteiger charge is -2.34. The van der Waals surface area contributed by atoms with Crippen molar-refractivity contribution in [3.05, 3.63) is 29.8 Å². The van der Waals surface area contributed by atoms with Crippen LogP contribution in [-0.2, 0) is 11.3 Å². The van der Waals surface area contributed by atoms with Crippen LogP contribution in [0.5, 0.6) is 0 Å². The molecule has 0 spiro atoms. The molecule has 3 nitrogen and oxygen atoms in total. The van der Waals surface area contributed by atoms with Gasteiger partial charge in [-0.15, -0.1) is 0 Å². The highest BCUT2D eigenvalue weighted by molar-refractivity contribution is 5.39. The summed E-state index contributed by atoms with van der Waals surface area (Å²) in [7, 11) is 0. The molecule has 1 saturated heterocycles. The van der Waals surface area contributed by atoms with Gasteiger partial charge in [-0.3, -0.25) is 4.90 Å². The molecule has 0 radical (unpaired) electrons. The smallest absolute Gasteiger partial charge is 0.0622 e. The van der Waals surface area contributed by atoms with Gasteiger partial charge < -0.3 is 10.5 Å². The summed E-state index contributed by atoms with van der Waals surface area (Å²) in [5.41, 5.74) is 7.95. The van der Waals surface area contributed by atoms with E-state index in [0.29, 0.717) is 6.04 Å². The van der Waals surface area contributed by atoms with Gasteiger partial charge in [0.2, 0.25) is 0 Å². The zero-order valence-electron chi connectivity index (χ0n) is 10.8. The van der Waals surface area contributed by atoms with Crippen LogP contribution in [0.1, 0.15) is 31.2 Å². The van der Waals surface area contributed by atoms with E-state index in [0.717, 1.165) is 31.5 Å². The van der Waals surface area contributed by atoms with Crippen LogP contribution in [0.15, 0.2) is 24.3 Å². The maximum atomic E-state index is 5.74. The van der Waals surface area contributed by atoms with Crippen LogP contribution in [-0.4, -0.2) is 30.2 Å². The largest absolute Gasteiger partial charge is 0.399 e. The van der Waals surface area contributed by atoms with E-state index in [9.17, 15) is 0 Å². The predicted molar refractivity (Wildman–Crippen MR) is 73.3 cm³/mol. The summed E-state index contributed by atoms with van der Waals surface area (Å²) in [5, 5.41) is 0. The molecule has 0 bridgehead atoms. The Morgan fingerprint density at radius 2 is 1.89 bits per heavy atom. The molecular weight excluding hydrogens is 224 g/mol.